The zero-order valence-electron chi connectivity index (χ0n) is 36.3. The van der Waals surface area contributed by atoms with Crippen molar-refractivity contribution in [3.63, 3.8) is 0 Å². The van der Waals surface area contributed by atoms with Crippen molar-refractivity contribution in [2.45, 2.75) is 0 Å². The second kappa shape index (κ2) is 16.8. The molecule has 2 heteroatoms. The predicted octanol–water partition coefficient (Wildman–Crippen LogP) is 17.7. The molecular formula is C64H44N2. The summed E-state index contributed by atoms with van der Waals surface area (Å²) in [5.41, 5.74) is 18.6. The minimum absolute atomic E-state index is 1.07. The van der Waals surface area contributed by atoms with Gasteiger partial charge in [0.05, 0.1) is 11.0 Å². The Kier molecular flexibility index (Phi) is 9.89. The van der Waals surface area contributed by atoms with Gasteiger partial charge in [-0.05, 0) is 121 Å². The minimum Gasteiger partial charge on any atom is -0.310 e. The highest BCUT2D eigenvalue weighted by atomic mass is 15.1. The van der Waals surface area contributed by atoms with Crippen molar-refractivity contribution in [1.82, 2.24) is 4.57 Å². The second-order valence-corrected chi connectivity index (χ2v) is 16.9. The van der Waals surface area contributed by atoms with Crippen LogP contribution >= 0.6 is 0 Å². The molecule has 310 valence electrons. The molecule has 2 nitrogen and oxygen atoms in total. The fraction of sp³-hybridized carbons (Fsp3) is 0. The Labute approximate surface area is 385 Å². The van der Waals surface area contributed by atoms with Gasteiger partial charge in [-0.2, -0.15) is 0 Å². The van der Waals surface area contributed by atoms with Crippen molar-refractivity contribution < 1.29 is 0 Å². The smallest absolute Gasteiger partial charge is 0.0541 e. The molecule has 0 amide bonds. The highest BCUT2D eigenvalue weighted by Gasteiger charge is 2.20. The summed E-state index contributed by atoms with van der Waals surface area (Å²) in [6.45, 7) is 0. The van der Waals surface area contributed by atoms with Crippen LogP contribution in [-0.4, -0.2) is 4.57 Å². The van der Waals surface area contributed by atoms with Crippen LogP contribution in [0.2, 0.25) is 0 Å². The van der Waals surface area contributed by atoms with E-state index in [2.05, 4.69) is 276 Å². The van der Waals surface area contributed by atoms with E-state index < -0.39 is 0 Å². The molecule has 1 heterocycles. The highest BCUT2D eigenvalue weighted by molar-refractivity contribution is 6.09. The molecule has 0 atom stereocenters. The summed E-state index contributed by atoms with van der Waals surface area (Å²) in [6.07, 6.45) is 0. The maximum Gasteiger partial charge on any atom is 0.0541 e. The van der Waals surface area contributed by atoms with E-state index in [4.69, 9.17) is 0 Å². The number of nitrogens with zero attached hydrogens (tertiary/aromatic N) is 2. The normalized spacial score (nSPS) is 11.3. The summed E-state index contributed by atoms with van der Waals surface area (Å²) in [5.74, 6) is 0. The van der Waals surface area contributed by atoms with Gasteiger partial charge in [-0.3, -0.25) is 0 Å². The molecule has 0 aliphatic heterocycles. The summed E-state index contributed by atoms with van der Waals surface area (Å²) in [4.78, 5) is 2.40. The molecule has 0 unspecified atom stereocenters. The Balaban J connectivity index is 1.03. The van der Waals surface area contributed by atoms with Crippen LogP contribution in [0, 0.1) is 0 Å². The first-order valence-electron chi connectivity index (χ1n) is 22.7. The summed E-state index contributed by atoms with van der Waals surface area (Å²) in [6, 6.07) is 96.9. The second-order valence-electron chi connectivity index (χ2n) is 16.9. The third kappa shape index (κ3) is 6.93. The minimum atomic E-state index is 1.07. The van der Waals surface area contributed by atoms with Gasteiger partial charge in [0.1, 0.15) is 0 Å². The predicted molar refractivity (Wildman–Crippen MR) is 280 cm³/mol. The molecule has 0 N–H and O–H groups in total. The average Bonchev–Trinajstić information content (AvgIpc) is 3.74. The number of aromatic nitrogens is 1. The third-order valence-electron chi connectivity index (χ3n) is 13.0. The first-order valence-corrected chi connectivity index (χ1v) is 22.7. The van der Waals surface area contributed by atoms with Gasteiger partial charge >= 0.3 is 0 Å². The zero-order valence-corrected chi connectivity index (χ0v) is 36.3. The van der Waals surface area contributed by atoms with Crippen molar-refractivity contribution in [3.8, 4) is 61.3 Å². The number of hydrogen-bond donors (Lipinski definition) is 0. The number of anilines is 3. The maximum absolute atomic E-state index is 2.40. The lowest BCUT2D eigenvalue weighted by atomic mass is 9.84. The Hall–Kier alpha value is -8.72. The van der Waals surface area contributed by atoms with Gasteiger partial charge < -0.3 is 9.47 Å². The molecule has 1 aromatic heterocycles. The van der Waals surface area contributed by atoms with E-state index in [0.29, 0.717) is 0 Å². The molecule has 12 aromatic rings. The van der Waals surface area contributed by atoms with Crippen LogP contribution in [0.4, 0.5) is 17.1 Å². The van der Waals surface area contributed by atoms with Gasteiger partial charge in [0.25, 0.3) is 0 Å². The molecule has 66 heavy (non-hydrogen) atoms. The molecule has 0 saturated carbocycles. The third-order valence-corrected chi connectivity index (χ3v) is 13.0. The number of fused-ring (bicyclic) bond motifs is 4. The Morgan fingerprint density at radius 2 is 0.712 bits per heavy atom. The van der Waals surface area contributed by atoms with Crippen molar-refractivity contribution in [1.29, 1.82) is 0 Å². The van der Waals surface area contributed by atoms with Crippen molar-refractivity contribution in [2.24, 2.45) is 0 Å². The largest absolute Gasteiger partial charge is 0.310 e. The zero-order chi connectivity index (χ0) is 43.8. The molecule has 12 rings (SSSR count). The SMILES string of the molecule is c1ccc(-c2ccccc2-c2c(-c3ccccc3)cccc2-c2ccc(N(c3cccc(-c4cccc5ccccc45)c3)c3cccc(-n4c5ccccc5c5ccccc54)c3)cc2)cc1. The van der Waals surface area contributed by atoms with Gasteiger partial charge in [-0.15, -0.1) is 0 Å². The van der Waals surface area contributed by atoms with Crippen LogP contribution in [0.1, 0.15) is 0 Å². The van der Waals surface area contributed by atoms with E-state index in [1.807, 2.05) is 0 Å². The first-order chi connectivity index (χ1) is 32.8. The number of para-hydroxylation sites is 2. The Morgan fingerprint density at radius 3 is 1.41 bits per heavy atom. The van der Waals surface area contributed by atoms with Crippen molar-refractivity contribution in [3.05, 3.63) is 267 Å². The van der Waals surface area contributed by atoms with Gasteiger partial charge in [-0.1, -0.05) is 212 Å². The van der Waals surface area contributed by atoms with Crippen LogP contribution < -0.4 is 4.90 Å². The topological polar surface area (TPSA) is 8.17 Å². The fourth-order valence-electron chi connectivity index (χ4n) is 10.0. The lowest BCUT2D eigenvalue weighted by molar-refractivity contribution is 1.17. The Bertz CT molecular complexity index is 3640. The van der Waals surface area contributed by atoms with E-state index in [9.17, 15) is 0 Å². The van der Waals surface area contributed by atoms with Crippen LogP contribution in [0.5, 0.6) is 0 Å². The summed E-state index contributed by atoms with van der Waals surface area (Å²) in [5, 5.41) is 4.96. The molecule has 0 spiro atoms. The van der Waals surface area contributed by atoms with E-state index in [0.717, 1.165) is 28.3 Å². The standard InChI is InChI=1S/C64H44N2/c1-3-19-45(20-4-1)55-30-9-10-33-61(55)64-57(47-21-5-2-6-22-47)35-18-36-58(64)48-39-41-50(42-40-48)65(51-26-15-25-49(43-51)56-34-16-24-46-23-7-8-29-54(46)56)52-27-17-28-53(44-52)66-62-37-13-11-31-59(62)60-32-12-14-38-63(60)66/h1-44H. The number of rotatable bonds is 9. The van der Waals surface area contributed by atoms with E-state index in [-0.39, 0.29) is 0 Å². The summed E-state index contributed by atoms with van der Waals surface area (Å²) in [7, 11) is 0. The summed E-state index contributed by atoms with van der Waals surface area (Å²) >= 11 is 0. The lowest BCUT2D eigenvalue weighted by Crippen LogP contribution is -2.10. The highest BCUT2D eigenvalue weighted by Crippen LogP contribution is 2.46. The average molecular weight is 841 g/mol. The monoisotopic (exact) mass is 840 g/mol. The van der Waals surface area contributed by atoms with Crippen molar-refractivity contribution in [2.75, 3.05) is 4.90 Å². The molecule has 0 aliphatic carbocycles. The molecule has 0 saturated heterocycles. The Morgan fingerprint density at radius 1 is 0.258 bits per heavy atom. The van der Waals surface area contributed by atoms with E-state index >= 15 is 0 Å². The van der Waals surface area contributed by atoms with Gasteiger partial charge in [-0.25, -0.2) is 0 Å². The maximum atomic E-state index is 2.40. The lowest BCUT2D eigenvalue weighted by Gasteiger charge is -2.27. The summed E-state index contributed by atoms with van der Waals surface area (Å²) < 4.78 is 2.40. The van der Waals surface area contributed by atoms with Gasteiger partial charge in [0, 0.05) is 33.5 Å². The van der Waals surface area contributed by atoms with Gasteiger partial charge in [0.15, 0.2) is 0 Å². The van der Waals surface area contributed by atoms with E-state index in [1.54, 1.807) is 0 Å². The molecule has 0 fully saturated rings. The fourth-order valence-corrected chi connectivity index (χ4v) is 10.0. The molecule has 0 radical (unpaired) electrons. The van der Waals surface area contributed by atoms with E-state index in [1.165, 1.54) is 82.6 Å². The molecule has 0 aliphatic rings. The van der Waals surface area contributed by atoms with Crippen LogP contribution in [0.15, 0.2) is 267 Å². The van der Waals surface area contributed by atoms with Gasteiger partial charge in [0.2, 0.25) is 0 Å². The van der Waals surface area contributed by atoms with Crippen LogP contribution in [-0.2, 0) is 0 Å². The van der Waals surface area contributed by atoms with Crippen LogP contribution in [0.3, 0.4) is 0 Å². The number of benzene rings is 11. The molecule has 0 bridgehead atoms. The number of hydrogen-bond acceptors (Lipinski definition) is 1. The molecule has 11 aromatic carbocycles. The molecular weight excluding hydrogens is 797 g/mol. The first kappa shape index (κ1) is 38.9. The van der Waals surface area contributed by atoms with Crippen molar-refractivity contribution >= 4 is 49.6 Å². The van der Waals surface area contributed by atoms with Crippen LogP contribution in [0.25, 0.3) is 93.9 Å². The quantitative estimate of drug-likeness (QED) is 0.141.